The number of nitrogens with two attached hydrogens (primary N) is 1. The third kappa shape index (κ3) is 1.85. The maximum atomic E-state index is 10.9. The number of amides is 1. The van der Waals surface area contributed by atoms with Crippen LogP contribution in [-0.2, 0) is 13.0 Å². The molecule has 0 aliphatic carbocycles. The number of hydrogen-bond acceptors (Lipinski definition) is 3. The Hall–Kier alpha value is -1.39. The number of rotatable bonds is 4. The third-order valence-electron chi connectivity index (χ3n) is 1.84. The fourth-order valence-corrected chi connectivity index (χ4v) is 1.27. The summed E-state index contributed by atoms with van der Waals surface area (Å²) in [5.41, 5.74) is 6.27. The van der Waals surface area contributed by atoms with E-state index in [0.29, 0.717) is 5.69 Å². The minimum Gasteiger partial charge on any atom is -0.364 e. The highest BCUT2D eigenvalue weighted by atomic mass is 16.1. The summed E-state index contributed by atoms with van der Waals surface area (Å²) >= 11 is 0. The molecule has 2 N–H and O–H groups in total. The van der Waals surface area contributed by atoms with Gasteiger partial charge in [0.2, 0.25) is 0 Å². The van der Waals surface area contributed by atoms with Crippen LogP contribution in [0.4, 0.5) is 0 Å². The molecule has 0 spiro atoms. The Labute approximate surface area is 76.9 Å². The van der Waals surface area contributed by atoms with E-state index in [1.54, 1.807) is 4.68 Å². The lowest BCUT2D eigenvalue weighted by Gasteiger charge is -2.01. The smallest absolute Gasteiger partial charge is 0.271 e. The van der Waals surface area contributed by atoms with E-state index >= 15 is 0 Å². The molecular weight excluding hydrogens is 168 g/mol. The molecule has 1 aromatic heterocycles. The van der Waals surface area contributed by atoms with E-state index in [0.717, 1.165) is 25.1 Å². The second-order valence-corrected chi connectivity index (χ2v) is 2.83. The van der Waals surface area contributed by atoms with Gasteiger partial charge in [0.25, 0.3) is 5.91 Å². The molecule has 1 amide bonds. The molecule has 13 heavy (non-hydrogen) atoms. The molecule has 0 aliphatic rings. The largest absolute Gasteiger partial charge is 0.364 e. The number of carbonyl (C=O) groups excluding carboxylic acids is 1. The summed E-state index contributed by atoms with van der Waals surface area (Å²) in [6, 6.07) is 0. The second kappa shape index (κ2) is 4.02. The van der Waals surface area contributed by atoms with Gasteiger partial charge in [0.1, 0.15) is 0 Å². The number of aromatic nitrogens is 3. The summed E-state index contributed by atoms with van der Waals surface area (Å²) in [5.74, 6) is -0.501. The van der Waals surface area contributed by atoms with Crippen LogP contribution in [0, 0.1) is 0 Å². The maximum absolute atomic E-state index is 10.9. The van der Waals surface area contributed by atoms with E-state index in [2.05, 4.69) is 10.3 Å². The van der Waals surface area contributed by atoms with E-state index in [9.17, 15) is 4.79 Å². The van der Waals surface area contributed by atoms with Crippen molar-refractivity contribution in [2.45, 2.75) is 33.2 Å². The van der Waals surface area contributed by atoms with Gasteiger partial charge in [-0.3, -0.25) is 4.79 Å². The predicted octanol–water partition coefficient (Wildman–Crippen LogP) is 0.349. The van der Waals surface area contributed by atoms with Gasteiger partial charge in [-0.1, -0.05) is 19.1 Å². The molecule has 0 saturated heterocycles. The second-order valence-electron chi connectivity index (χ2n) is 2.83. The molecule has 0 bridgehead atoms. The molecule has 0 saturated carbocycles. The van der Waals surface area contributed by atoms with Gasteiger partial charge in [-0.05, 0) is 12.8 Å². The highest BCUT2D eigenvalue weighted by molar-refractivity contribution is 5.91. The van der Waals surface area contributed by atoms with Crippen molar-refractivity contribution < 1.29 is 4.79 Å². The topological polar surface area (TPSA) is 73.8 Å². The van der Waals surface area contributed by atoms with Gasteiger partial charge in [0, 0.05) is 6.54 Å². The Kier molecular flexibility index (Phi) is 3.00. The van der Waals surface area contributed by atoms with Crippen LogP contribution in [0.1, 0.15) is 36.5 Å². The zero-order valence-corrected chi connectivity index (χ0v) is 7.95. The number of carbonyl (C=O) groups is 1. The lowest BCUT2D eigenvalue weighted by atomic mass is 10.2. The van der Waals surface area contributed by atoms with Crippen LogP contribution in [0.3, 0.4) is 0 Å². The van der Waals surface area contributed by atoms with E-state index in [1.165, 1.54) is 0 Å². The molecule has 5 heteroatoms. The van der Waals surface area contributed by atoms with Crippen molar-refractivity contribution >= 4 is 5.91 Å². The Morgan fingerprint density at radius 3 is 2.69 bits per heavy atom. The number of hydrogen-bond donors (Lipinski definition) is 1. The lowest BCUT2D eigenvalue weighted by Crippen LogP contribution is -2.15. The van der Waals surface area contributed by atoms with Gasteiger partial charge >= 0.3 is 0 Å². The number of primary amides is 1. The van der Waals surface area contributed by atoms with Gasteiger partial charge in [0.05, 0.1) is 5.69 Å². The molecule has 1 heterocycles. The highest BCUT2D eigenvalue weighted by Crippen LogP contribution is 2.05. The normalized spacial score (nSPS) is 10.3. The van der Waals surface area contributed by atoms with E-state index in [1.807, 2.05) is 13.8 Å². The minimum absolute atomic E-state index is 0.302. The number of aryl methyl sites for hydroxylation is 1. The summed E-state index contributed by atoms with van der Waals surface area (Å²) < 4.78 is 1.74. The van der Waals surface area contributed by atoms with Crippen molar-refractivity contribution in [1.82, 2.24) is 15.0 Å². The minimum atomic E-state index is -0.501. The Morgan fingerprint density at radius 2 is 2.23 bits per heavy atom. The van der Waals surface area contributed by atoms with E-state index in [-0.39, 0.29) is 0 Å². The van der Waals surface area contributed by atoms with Crippen molar-refractivity contribution in [2.24, 2.45) is 5.73 Å². The van der Waals surface area contributed by atoms with Crippen LogP contribution in [0.15, 0.2) is 0 Å². The summed E-state index contributed by atoms with van der Waals surface area (Å²) in [7, 11) is 0. The monoisotopic (exact) mass is 182 g/mol. The van der Waals surface area contributed by atoms with Gasteiger partial charge in [-0.25, -0.2) is 4.68 Å². The van der Waals surface area contributed by atoms with Crippen molar-refractivity contribution in [3.05, 3.63) is 11.4 Å². The summed E-state index contributed by atoms with van der Waals surface area (Å²) in [5, 5.41) is 7.61. The Balaban J connectivity index is 3.03. The predicted molar refractivity (Wildman–Crippen MR) is 48.2 cm³/mol. The third-order valence-corrected chi connectivity index (χ3v) is 1.84. The first-order chi connectivity index (χ1) is 6.20. The highest BCUT2D eigenvalue weighted by Gasteiger charge is 2.14. The van der Waals surface area contributed by atoms with Crippen LogP contribution < -0.4 is 5.73 Å². The fraction of sp³-hybridized carbons (Fsp3) is 0.625. The van der Waals surface area contributed by atoms with E-state index < -0.39 is 5.91 Å². The quantitative estimate of drug-likeness (QED) is 0.730. The Bertz CT molecular complexity index is 305. The molecule has 0 aromatic carbocycles. The molecule has 0 unspecified atom stereocenters. The van der Waals surface area contributed by atoms with Crippen molar-refractivity contribution in [2.75, 3.05) is 0 Å². The maximum Gasteiger partial charge on any atom is 0.271 e. The van der Waals surface area contributed by atoms with Crippen LogP contribution in [-0.4, -0.2) is 20.9 Å². The first kappa shape index (κ1) is 9.70. The van der Waals surface area contributed by atoms with Crippen LogP contribution in [0.25, 0.3) is 0 Å². The van der Waals surface area contributed by atoms with E-state index in [4.69, 9.17) is 5.73 Å². The van der Waals surface area contributed by atoms with Crippen molar-refractivity contribution in [3.8, 4) is 0 Å². The van der Waals surface area contributed by atoms with Gasteiger partial charge in [-0.2, -0.15) is 0 Å². The van der Waals surface area contributed by atoms with Gasteiger partial charge in [0.15, 0.2) is 5.69 Å². The fourth-order valence-electron chi connectivity index (χ4n) is 1.27. The molecular formula is C8H14N4O. The molecule has 0 fully saturated rings. The molecule has 5 nitrogen and oxygen atoms in total. The molecule has 0 aliphatic heterocycles. The average Bonchev–Trinajstić information content (AvgIpc) is 2.48. The van der Waals surface area contributed by atoms with Gasteiger partial charge in [-0.15, -0.1) is 5.10 Å². The van der Waals surface area contributed by atoms with Crippen molar-refractivity contribution in [1.29, 1.82) is 0 Å². The summed E-state index contributed by atoms with van der Waals surface area (Å²) in [6.07, 6.45) is 1.69. The van der Waals surface area contributed by atoms with Crippen LogP contribution >= 0.6 is 0 Å². The zero-order chi connectivity index (χ0) is 9.84. The molecule has 72 valence electrons. The SMILES string of the molecule is CCCn1nnc(C(N)=O)c1CC. The Morgan fingerprint density at radius 1 is 1.54 bits per heavy atom. The zero-order valence-electron chi connectivity index (χ0n) is 7.95. The lowest BCUT2D eigenvalue weighted by molar-refractivity contribution is 0.0994. The van der Waals surface area contributed by atoms with Gasteiger partial charge < -0.3 is 5.73 Å². The summed E-state index contributed by atoms with van der Waals surface area (Å²) in [4.78, 5) is 10.9. The standard InChI is InChI=1S/C8H14N4O/c1-3-5-12-6(4-2)7(8(9)13)10-11-12/h3-5H2,1-2H3,(H2,9,13). The molecule has 1 rings (SSSR count). The van der Waals surface area contributed by atoms with Crippen LogP contribution in [0.2, 0.25) is 0 Å². The molecule has 0 atom stereocenters. The average molecular weight is 182 g/mol. The first-order valence-electron chi connectivity index (χ1n) is 4.42. The first-order valence-corrected chi connectivity index (χ1v) is 4.42. The number of nitrogens with zero attached hydrogens (tertiary/aromatic N) is 3. The van der Waals surface area contributed by atoms with Crippen LogP contribution in [0.5, 0.6) is 0 Å². The summed E-state index contributed by atoms with van der Waals surface area (Å²) in [6.45, 7) is 4.78. The molecule has 1 aromatic rings. The molecule has 0 radical (unpaired) electrons. The van der Waals surface area contributed by atoms with Crippen molar-refractivity contribution in [3.63, 3.8) is 0 Å².